The number of benzene rings is 2. The fraction of sp³-hybridized carbons (Fsp3) is 0.391. The Balaban J connectivity index is 1.71. The summed E-state index contributed by atoms with van der Waals surface area (Å²) in [6, 6.07) is 13.7. The smallest absolute Gasteiger partial charge is 0.261 e. The fourth-order valence-electron chi connectivity index (χ4n) is 3.59. The summed E-state index contributed by atoms with van der Waals surface area (Å²) >= 11 is 12.1. The number of nitrogens with one attached hydrogen (secondary N) is 1. The zero-order valence-corrected chi connectivity index (χ0v) is 18.5. The molecule has 160 valence electrons. The third-order valence-electron chi connectivity index (χ3n) is 5.27. The lowest BCUT2D eigenvalue weighted by Crippen LogP contribution is -2.50. The summed E-state index contributed by atoms with van der Waals surface area (Å²) in [5.41, 5.74) is 0.846. The average Bonchev–Trinajstić information content (AvgIpc) is 3.23. The average molecular weight is 449 g/mol. The van der Waals surface area contributed by atoms with Crippen LogP contribution in [0.5, 0.6) is 5.75 Å². The van der Waals surface area contributed by atoms with E-state index < -0.39 is 6.04 Å². The molecule has 1 atom stereocenters. The van der Waals surface area contributed by atoms with Crippen LogP contribution in [0.3, 0.4) is 0 Å². The predicted molar refractivity (Wildman–Crippen MR) is 119 cm³/mol. The molecule has 3 rings (SSSR count). The molecule has 2 aromatic carbocycles. The molecule has 0 radical (unpaired) electrons. The Kier molecular flexibility index (Phi) is 8.00. The van der Waals surface area contributed by atoms with Gasteiger partial charge in [0.2, 0.25) is 5.91 Å². The lowest BCUT2D eigenvalue weighted by molar-refractivity contribution is -0.142. The summed E-state index contributed by atoms with van der Waals surface area (Å²) in [7, 11) is 0. The third-order valence-corrected chi connectivity index (χ3v) is 5.74. The largest absolute Gasteiger partial charge is 0.484 e. The van der Waals surface area contributed by atoms with Gasteiger partial charge in [-0.2, -0.15) is 0 Å². The van der Waals surface area contributed by atoms with E-state index in [1.807, 2.05) is 12.1 Å². The van der Waals surface area contributed by atoms with Crippen molar-refractivity contribution >= 4 is 35.0 Å². The van der Waals surface area contributed by atoms with Gasteiger partial charge in [-0.05, 0) is 55.7 Å². The van der Waals surface area contributed by atoms with Crippen molar-refractivity contribution in [3.8, 4) is 5.75 Å². The number of ether oxygens (including phenoxy) is 1. The minimum atomic E-state index is -0.639. The molecule has 0 heterocycles. The standard InChI is InChI=1S/C23H26Cl2N2O3/c1-16(23(29)26-20-9-2-3-10-20)27(14-17-6-4-7-18(24)12-17)22(28)15-30-21-11-5-8-19(25)13-21/h4-8,11-13,16,20H,2-3,9-10,14-15H2,1H3,(H,26,29)/t16-/m0/s1. The van der Waals surface area contributed by atoms with E-state index in [-0.39, 0.29) is 31.0 Å². The molecule has 1 aliphatic rings. The Morgan fingerprint density at radius 1 is 1.10 bits per heavy atom. The first-order valence-corrected chi connectivity index (χ1v) is 10.9. The van der Waals surface area contributed by atoms with E-state index >= 15 is 0 Å². The molecule has 0 spiro atoms. The molecule has 0 saturated heterocycles. The number of carbonyl (C=O) groups is 2. The van der Waals surface area contributed by atoms with Crippen molar-refractivity contribution in [2.24, 2.45) is 0 Å². The molecule has 2 aromatic rings. The zero-order chi connectivity index (χ0) is 21.5. The van der Waals surface area contributed by atoms with Crippen LogP contribution in [0.25, 0.3) is 0 Å². The molecule has 2 amide bonds. The van der Waals surface area contributed by atoms with E-state index in [4.69, 9.17) is 27.9 Å². The quantitative estimate of drug-likeness (QED) is 0.627. The van der Waals surface area contributed by atoms with Crippen LogP contribution in [-0.2, 0) is 16.1 Å². The minimum Gasteiger partial charge on any atom is -0.484 e. The number of hydrogen-bond donors (Lipinski definition) is 1. The molecule has 1 saturated carbocycles. The van der Waals surface area contributed by atoms with Crippen molar-refractivity contribution in [3.05, 3.63) is 64.1 Å². The van der Waals surface area contributed by atoms with E-state index in [0.29, 0.717) is 15.8 Å². The number of amides is 2. The highest BCUT2D eigenvalue weighted by Gasteiger charge is 2.28. The van der Waals surface area contributed by atoms with Gasteiger partial charge in [-0.15, -0.1) is 0 Å². The summed E-state index contributed by atoms with van der Waals surface area (Å²) in [6.07, 6.45) is 4.22. The van der Waals surface area contributed by atoms with Gasteiger partial charge < -0.3 is 15.0 Å². The normalized spacial score (nSPS) is 14.9. The Bertz CT molecular complexity index is 884. The summed E-state index contributed by atoms with van der Waals surface area (Å²) in [6.45, 7) is 1.81. The summed E-state index contributed by atoms with van der Waals surface area (Å²) < 4.78 is 5.62. The lowest BCUT2D eigenvalue weighted by Gasteiger charge is -2.29. The minimum absolute atomic E-state index is 0.153. The molecule has 7 heteroatoms. The Morgan fingerprint density at radius 2 is 1.77 bits per heavy atom. The van der Waals surface area contributed by atoms with E-state index in [9.17, 15) is 9.59 Å². The van der Waals surface area contributed by atoms with Crippen molar-refractivity contribution in [2.75, 3.05) is 6.61 Å². The van der Waals surface area contributed by atoms with Crippen LogP contribution in [-0.4, -0.2) is 35.4 Å². The number of halogens is 2. The van der Waals surface area contributed by atoms with Gasteiger partial charge in [0.05, 0.1) is 0 Å². The van der Waals surface area contributed by atoms with Gasteiger partial charge in [-0.3, -0.25) is 9.59 Å². The molecule has 30 heavy (non-hydrogen) atoms. The maximum absolute atomic E-state index is 13.0. The molecule has 0 unspecified atom stereocenters. The van der Waals surface area contributed by atoms with Crippen LogP contribution in [0.2, 0.25) is 10.0 Å². The van der Waals surface area contributed by atoms with Crippen LogP contribution in [0.1, 0.15) is 38.2 Å². The van der Waals surface area contributed by atoms with Gasteiger partial charge in [0.1, 0.15) is 11.8 Å². The molecule has 5 nitrogen and oxygen atoms in total. The van der Waals surface area contributed by atoms with Crippen molar-refractivity contribution in [2.45, 2.75) is 51.2 Å². The van der Waals surface area contributed by atoms with Crippen LogP contribution >= 0.6 is 23.2 Å². The van der Waals surface area contributed by atoms with E-state index in [1.54, 1.807) is 43.3 Å². The second-order valence-corrected chi connectivity index (χ2v) is 8.44. The topological polar surface area (TPSA) is 58.6 Å². The predicted octanol–water partition coefficient (Wildman–Crippen LogP) is 4.85. The van der Waals surface area contributed by atoms with Gasteiger partial charge in [0, 0.05) is 22.6 Å². The number of carbonyl (C=O) groups excluding carboxylic acids is 2. The second-order valence-electron chi connectivity index (χ2n) is 7.56. The van der Waals surface area contributed by atoms with Crippen LogP contribution in [0, 0.1) is 0 Å². The van der Waals surface area contributed by atoms with Crippen molar-refractivity contribution in [3.63, 3.8) is 0 Å². The Morgan fingerprint density at radius 3 is 2.43 bits per heavy atom. The molecule has 0 aromatic heterocycles. The number of nitrogens with zero attached hydrogens (tertiary/aromatic N) is 1. The SMILES string of the molecule is C[C@@H](C(=O)NC1CCCC1)N(Cc1cccc(Cl)c1)C(=O)COc1cccc(Cl)c1. The molecule has 1 aliphatic carbocycles. The van der Waals surface area contributed by atoms with Crippen LogP contribution < -0.4 is 10.1 Å². The first-order chi connectivity index (χ1) is 14.4. The monoisotopic (exact) mass is 448 g/mol. The summed E-state index contributed by atoms with van der Waals surface area (Å²) in [5, 5.41) is 4.18. The molecular formula is C23H26Cl2N2O3. The third kappa shape index (κ3) is 6.38. The maximum atomic E-state index is 13.0. The van der Waals surface area contributed by atoms with Crippen molar-refractivity contribution in [1.29, 1.82) is 0 Å². The molecule has 1 N–H and O–H groups in total. The summed E-state index contributed by atoms with van der Waals surface area (Å²) in [5.74, 6) is 0.0608. The van der Waals surface area contributed by atoms with E-state index in [2.05, 4.69) is 5.32 Å². The molecule has 0 aliphatic heterocycles. The van der Waals surface area contributed by atoms with E-state index in [0.717, 1.165) is 31.2 Å². The van der Waals surface area contributed by atoms with Crippen molar-refractivity contribution in [1.82, 2.24) is 10.2 Å². The summed E-state index contributed by atoms with van der Waals surface area (Å²) in [4.78, 5) is 27.4. The fourth-order valence-corrected chi connectivity index (χ4v) is 3.98. The van der Waals surface area contributed by atoms with Crippen molar-refractivity contribution < 1.29 is 14.3 Å². The molecular weight excluding hydrogens is 423 g/mol. The molecule has 1 fully saturated rings. The van der Waals surface area contributed by atoms with Crippen LogP contribution in [0.4, 0.5) is 0 Å². The Labute approximate surface area is 187 Å². The lowest BCUT2D eigenvalue weighted by atomic mass is 10.1. The highest BCUT2D eigenvalue weighted by Crippen LogP contribution is 2.20. The Hall–Kier alpha value is -2.24. The highest BCUT2D eigenvalue weighted by molar-refractivity contribution is 6.30. The number of hydrogen-bond acceptors (Lipinski definition) is 3. The van der Waals surface area contributed by atoms with Gasteiger partial charge >= 0.3 is 0 Å². The first-order valence-electron chi connectivity index (χ1n) is 10.1. The molecule has 0 bridgehead atoms. The van der Waals surface area contributed by atoms with Crippen LogP contribution in [0.15, 0.2) is 48.5 Å². The second kappa shape index (κ2) is 10.7. The van der Waals surface area contributed by atoms with Gasteiger partial charge in [0.25, 0.3) is 5.91 Å². The van der Waals surface area contributed by atoms with Gasteiger partial charge in [0.15, 0.2) is 6.61 Å². The maximum Gasteiger partial charge on any atom is 0.261 e. The number of rotatable bonds is 8. The van der Waals surface area contributed by atoms with Gasteiger partial charge in [-0.1, -0.05) is 54.2 Å². The van der Waals surface area contributed by atoms with E-state index in [1.165, 1.54) is 4.90 Å². The van der Waals surface area contributed by atoms with Gasteiger partial charge in [-0.25, -0.2) is 0 Å². The highest BCUT2D eigenvalue weighted by atomic mass is 35.5. The first kappa shape index (κ1) is 22.4. The zero-order valence-electron chi connectivity index (χ0n) is 16.9.